The fourth-order valence-electron chi connectivity index (χ4n) is 2.60. The molecule has 1 amide bonds. The molecule has 2 rings (SSSR count). The number of aryl methyl sites for hydroxylation is 1. The lowest BCUT2D eigenvalue weighted by atomic mass is 10.1. The molecule has 1 saturated carbocycles. The van der Waals surface area contributed by atoms with Crippen molar-refractivity contribution in [1.82, 2.24) is 4.90 Å². The fourth-order valence-corrected chi connectivity index (χ4v) is 2.60. The van der Waals surface area contributed by atoms with Gasteiger partial charge >= 0.3 is 0 Å². The van der Waals surface area contributed by atoms with Crippen molar-refractivity contribution < 1.29 is 9.18 Å². The molecule has 0 saturated heterocycles. The third-order valence-corrected chi connectivity index (χ3v) is 3.67. The number of amides is 1. The minimum absolute atomic E-state index is 0.0971. The molecule has 1 aliphatic carbocycles. The van der Waals surface area contributed by atoms with Gasteiger partial charge in [-0.25, -0.2) is 4.39 Å². The van der Waals surface area contributed by atoms with Crippen LogP contribution in [0.5, 0.6) is 0 Å². The summed E-state index contributed by atoms with van der Waals surface area (Å²) in [5.41, 5.74) is 0.912. The smallest absolute Gasteiger partial charge is 0.254 e. The molecule has 3 nitrogen and oxygen atoms in total. The minimum atomic E-state index is -0.316. The Morgan fingerprint density at radius 1 is 1.47 bits per heavy atom. The topological polar surface area (TPSA) is 44.1 Å². The van der Waals surface area contributed by atoms with Gasteiger partial charge in [-0.15, -0.1) is 0 Å². The van der Waals surface area contributed by atoms with E-state index in [-0.39, 0.29) is 24.3 Å². The lowest BCUT2D eigenvalue weighted by Gasteiger charge is -2.26. The van der Waals surface area contributed by atoms with Gasteiger partial charge in [-0.3, -0.25) is 4.79 Å². The third kappa shape index (κ3) is 2.93. The lowest BCUT2D eigenvalue weighted by Crippen LogP contribution is -2.39. The van der Waals surface area contributed by atoms with Gasteiger partial charge in [0.05, 0.1) is 6.07 Å². The Morgan fingerprint density at radius 2 is 2.16 bits per heavy atom. The fraction of sp³-hybridized carbons (Fsp3) is 0.467. The lowest BCUT2D eigenvalue weighted by molar-refractivity contribution is 0.0709. The zero-order valence-corrected chi connectivity index (χ0v) is 11.0. The molecule has 0 aliphatic heterocycles. The van der Waals surface area contributed by atoms with Crippen molar-refractivity contribution in [2.45, 2.75) is 38.6 Å². The van der Waals surface area contributed by atoms with Crippen molar-refractivity contribution in [2.24, 2.45) is 0 Å². The van der Waals surface area contributed by atoms with E-state index in [9.17, 15) is 9.18 Å². The second kappa shape index (κ2) is 5.83. The van der Waals surface area contributed by atoms with E-state index in [4.69, 9.17) is 5.26 Å². The Kier molecular flexibility index (Phi) is 4.16. The van der Waals surface area contributed by atoms with E-state index in [2.05, 4.69) is 6.07 Å². The Hall–Kier alpha value is -1.89. The number of nitrogens with zero attached hydrogens (tertiary/aromatic N) is 2. The molecule has 4 heteroatoms. The molecule has 1 aliphatic rings. The van der Waals surface area contributed by atoms with Crippen molar-refractivity contribution in [2.75, 3.05) is 6.54 Å². The second-order valence-electron chi connectivity index (χ2n) is 4.99. The summed E-state index contributed by atoms with van der Waals surface area (Å²) in [6.07, 6.45) is 4.10. The predicted octanol–water partition coefficient (Wildman–Crippen LogP) is 3.04. The van der Waals surface area contributed by atoms with E-state index in [0.29, 0.717) is 11.1 Å². The first-order valence-corrected chi connectivity index (χ1v) is 6.57. The highest BCUT2D eigenvalue weighted by Crippen LogP contribution is 2.25. The Bertz CT molecular complexity index is 515. The molecule has 0 N–H and O–H groups in total. The molecule has 1 aromatic rings. The molecule has 0 radical (unpaired) electrons. The van der Waals surface area contributed by atoms with Crippen LogP contribution in [0.25, 0.3) is 0 Å². The second-order valence-corrected chi connectivity index (χ2v) is 4.99. The van der Waals surface area contributed by atoms with E-state index in [1.165, 1.54) is 12.1 Å². The summed E-state index contributed by atoms with van der Waals surface area (Å²) < 4.78 is 13.2. The first kappa shape index (κ1) is 13.5. The predicted molar refractivity (Wildman–Crippen MR) is 70.0 cm³/mol. The van der Waals surface area contributed by atoms with Crippen molar-refractivity contribution >= 4 is 5.91 Å². The first-order valence-electron chi connectivity index (χ1n) is 6.57. The van der Waals surface area contributed by atoms with Gasteiger partial charge in [0.1, 0.15) is 12.4 Å². The van der Waals surface area contributed by atoms with Gasteiger partial charge < -0.3 is 4.90 Å². The van der Waals surface area contributed by atoms with Crippen molar-refractivity contribution in [1.29, 1.82) is 5.26 Å². The molecule has 0 atom stereocenters. The third-order valence-electron chi connectivity index (χ3n) is 3.67. The molecule has 0 aromatic heterocycles. The van der Waals surface area contributed by atoms with E-state index in [0.717, 1.165) is 25.7 Å². The maximum atomic E-state index is 13.2. The van der Waals surface area contributed by atoms with Crippen LogP contribution in [0.2, 0.25) is 0 Å². The number of rotatable bonds is 3. The summed E-state index contributed by atoms with van der Waals surface area (Å²) in [6, 6.07) is 6.55. The molecule has 0 spiro atoms. The molecule has 1 fully saturated rings. The zero-order chi connectivity index (χ0) is 13.8. The van der Waals surface area contributed by atoms with Gasteiger partial charge in [0.15, 0.2) is 0 Å². The van der Waals surface area contributed by atoms with Gasteiger partial charge in [0.25, 0.3) is 5.91 Å². The zero-order valence-electron chi connectivity index (χ0n) is 11.0. The van der Waals surface area contributed by atoms with Crippen LogP contribution in [0.15, 0.2) is 18.2 Å². The molecule has 0 heterocycles. The van der Waals surface area contributed by atoms with Crippen LogP contribution < -0.4 is 0 Å². The van der Waals surface area contributed by atoms with Gasteiger partial charge in [-0.1, -0.05) is 12.8 Å². The van der Waals surface area contributed by atoms with Crippen LogP contribution in [0.1, 0.15) is 41.6 Å². The average Bonchev–Trinajstić information content (AvgIpc) is 2.92. The van der Waals surface area contributed by atoms with E-state index < -0.39 is 0 Å². The number of halogens is 1. The summed E-state index contributed by atoms with van der Waals surface area (Å²) in [6.45, 7) is 1.73. The van der Waals surface area contributed by atoms with Crippen LogP contribution in [0.4, 0.5) is 4.39 Å². The number of carbonyl (C=O) groups is 1. The molecule has 0 bridgehead atoms. The molecule has 0 unspecified atom stereocenters. The van der Waals surface area contributed by atoms with Crippen molar-refractivity contribution in [3.8, 4) is 6.07 Å². The molecular weight excluding hydrogens is 243 g/mol. The van der Waals surface area contributed by atoms with Crippen LogP contribution in [-0.4, -0.2) is 23.4 Å². The first-order chi connectivity index (χ1) is 9.13. The number of hydrogen-bond donors (Lipinski definition) is 0. The van der Waals surface area contributed by atoms with E-state index >= 15 is 0 Å². The summed E-state index contributed by atoms with van der Waals surface area (Å²) in [5, 5.41) is 8.89. The Morgan fingerprint density at radius 3 is 2.74 bits per heavy atom. The van der Waals surface area contributed by atoms with Crippen LogP contribution in [0.3, 0.4) is 0 Å². The molecular formula is C15H17FN2O. The summed E-state index contributed by atoms with van der Waals surface area (Å²) in [7, 11) is 0. The summed E-state index contributed by atoms with van der Waals surface area (Å²) in [5.74, 6) is -0.485. The Labute approximate surface area is 112 Å². The largest absolute Gasteiger partial charge is 0.322 e. The average molecular weight is 260 g/mol. The Balaban J connectivity index is 2.23. The quantitative estimate of drug-likeness (QED) is 0.784. The SMILES string of the molecule is Cc1cc(C(=O)N(CC#N)C2CCCC2)ccc1F. The standard InChI is InChI=1S/C15H17FN2O/c1-11-10-12(6-7-14(11)16)15(19)18(9-8-17)13-4-2-3-5-13/h6-7,10,13H,2-5,9H2,1H3. The van der Waals surface area contributed by atoms with Gasteiger partial charge in [-0.2, -0.15) is 5.26 Å². The maximum absolute atomic E-state index is 13.2. The van der Waals surface area contributed by atoms with Crippen LogP contribution in [-0.2, 0) is 0 Å². The minimum Gasteiger partial charge on any atom is -0.322 e. The highest BCUT2D eigenvalue weighted by atomic mass is 19.1. The number of nitriles is 1. The maximum Gasteiger partial charge on any atom is 0.254 e. The molecule has 1 aromatic carbocycles. The van der Waals surface area contributed by atoms with E-state index in [1.807, 2.05) is 0 Å². The van der Waals surface area contributed by atoms with Crippen LogP contribution in [0, 0.1) is 24.1 Å². The summed E-state index contributed by atoms with van der Waals surface area (Å²) in [4.78, 5) is 14.1. The number of benzene rings is 1. The normalized spacial score (nSPS) is 15.2. The number of carbonyl (C=O) groups excluding carboxylic acids is 1. The van der Waals surface area contributed by atoms with Crippen LogP contribution >= 0.6 is 0 Å². The van der Waals surface area contributed by atoms with Gasteiger partial charge in [0.2, 0.25) is 0 Å². The van der Waals surface area contributed by atoms with E-state index in [1.54, 1.807) is 17.9 Å². The summed E-state index contributed by atoms with van der Waals surface area (Å²) >= 11 is 0. The molecule has 100 valence electrons. The number of hydrogen-bond acceptors (Lipinski definition) is 2. The monoisotopic (exact) mass is 260 g/mol. The highest BCUT2D eigenvalue weighted by Gasteiger charge is 2.27. The van der Waals surface area contributed by atoms with Gasteiger partial charge in [0, 0.05) is 11.6 Å². The van der Waals surface area contributed by atoms with Crippen molar-refractivity contribution in [3.63, 3.8) is 0 Å². The van der Waals surface area contributed by atoms with Gasteiger partial charge in [-0.05, 0) is 43.5 Å². The molecule has 19 heavy (non-hydrogen) atoms. The van der Waals surface area contributed by atoms with Crippen molar-refractivity contribution in [3.05, 3.63) is 35.1 Å². The highest BCUT2D eigenvalue weighted by molar-refractivity contribution is 5.94.